The first kappa shape index (κ1) is 12.2. The Hall–Kier alpha value is -1.89. The summed E-state index contributed by atoms with van der Waals surface area (Å²) in [5, 5.41) is 8.36. The molecule has 1 aromatic carbocycles. The highest BCUT2D eigenvalue weighted by atomic mass is 19.1. The molecule has 0 aromatic heterocycles. The molecule has 84 valence electrons. The Balaban J connectivity index is 2.46. The van der Waals surface area contributed by atoms with Gasteiger partial charge >= 0.3 is 0 Å². The Bertz CT molecular complexity index is 412. The standard InChI is InChI=1S/C12H13FN2O/c1-15(12(16)5-7-14)8-6-10-3-2-4-11(13)9-10/h2-4,9H,5-6,8H2,1H3. The number of likely N-dealkylation sites (N-methyl/N-ethyl adjacent to an activating group) is 1. The molecule has 0 aliphatic heterocycles. The molecule has 1 amide bonds. The van der Waals surface area contributed by atoms with Crippen LogP contribution in [0.5, 0.6) is 0 Å². The van der Waals surface area contributed by atoms with Crippen molar-refractivity contribution in [2.24, 2.45) is 0 Å². The highest BCUT2D eigenvalue weighted by Crippen LogP contribution is 2.05. The molecule has 0 aliphatic rings. The van der Waals surface area contributed by atoms with Gasteiger partial charge in [0.05, 0.1) is 6.07 Å². The van der Waals surface area contributed by atoms with Crippen molar-refractivity contribution in [1.82, 2.24) is 4.90 Å². The van der Waals surface area contributed by atoms with Gasteiger partial charge in [-0.3, -0.25) is 4.79 Å². The molecule has 0 fully saturated rings. The van der Waals surface area contributed by atoms with Crippen molar-refractivity contribution < 1.29 is 9.18 Å². The summed E-state index contributed by atoms with van der Waals surface area (Å²) in [6.45, 7) is 0.490. The Morgan fingerprint density at radius 1 is 1.56 bits per heavy atom. The van der Waals surface area contributed by atoms with Gasteiger partial charge < -0.3 is 4.90 Å². The minimum Gasteiger partial charge on any atom is -0.345 e. The number of carbonyl (C=O) groups is 1. The van der Waals surface area contributed by atoms with Gasteiger partial charge in [0.15, 0.2) is 0 Å². The third kappa shape index (κ3) is 3.70. The molecule has 1 aromatic rings. The second-order valence-electron chi connectivity index (χ2n) is 3.53. The second kappa shape index (κ2) is 5.86. The highest BCUT2D eigenvalue weighted by Gasteiger charge is 2.07. The number of rotatable bonds is 4. The van der Waals surface area contributed by atoms with Crippen LogP contribution in [-0.2, 0) is 11.2 Å². The van der Waals surface area contributed by atoms with Gasteiger partial charge in [-0.05, 0) is 24.1 Å². The summed E-state index contributed by atoms with van der Waals surface area (Å²) in [6, 6.07) is 8.09. The quantitative estimate of drug-likeness (QED) is 0.775. The van der Waals surface area contributed by atoms with E-state index in [2.05, 4.69) is 0 Å². The lowest BCUT2D eigenvalue weighted by molar-refractivity contribution is -0.128. The molecule has 0 saturated heterocycles. The van der Waals surface area contributed by atoms with Crippen LogP contribution in [0.1, 0.15) is 12.0 Å². The fraction of sp³-hybridized carbons (Fsp3) is 0.333. The summed E-state index contributed by atoms with van der Waals surface area (Å²) in [6.07, 6.45) is 0.477. The number of carbonyl (C=O) groups excluding carboxylic acids is 1. The third-order valence-corrected chi connectivity index (χ3v) is 2.28. The number of halogens is 1. The van der Waals surface area contributed by atoms with Crippen LogP contribution < -0.4 is 0 Å². The number of hydrogen-bond acceptors (Lipinski definition) is 2. The SMILES string of the molecule is CN(CCc1cccc(F)c1)C(=O)CC#N. The number of nitrogens with zero attached hydrogens (tertiary/aromatic N) is 2. The predicted molar refractivity (Wildman–Crippen MR) is 58.0 cm³/mol. The minimum atomic E-state index is -0.275. The van der Waals surface area contributed by atoms with E-state index in [1.54, 1.807) is 19.2 Å². The monoisotopic (exact) mass is 220 g/mol. The molecule has 0 bridgehead atoms. The van der Waals surface area contributed by atoms with Crippen molar-refractivity contribution >= 4 is 5.91 Å². The van der Waals surface area contributed by atoms with Crippen molar-refractivity contribution in [3.05, 3.63) is 35.6 Å². The largest absolute Gasteiger partial charge is 0.345 e. The zero-order valence-corrected chi connectivity index (χ0v) is 9.11. The molecule has 0 radical (unpaired) electrons. The van der Waals surface area contributed by atoms with Gasteiger partial charge in [-0.25, -0.2) is 4.39 Å². The van der Waals surface area contributed by atoms with E-state index in [0.717, 1.165) is 5.56 Å². The Labute approximate surface area is 94.1 Å². The van der Waals surface area contributed by atoms with Gasteiger partial charge in [0.1, 0.15) is 12.2 Å². The summed E-state index contributed by atoms with van der Waals surface area (Å²) in [5.41, 5.74) is 0.844. The lowest BCUT2D eigenvalue weighted by Gasteiger charge is -2.15. The van der Waals surface area contributed by atoms with Crippen LogP contribution in [-0.4, -0.2) is 24.4 Å². The normalized spacial score (nSPS) is 9.56. The van der Waals surface area contributed by atoms with Crippen LogP contribution in [0.25, 0.3) is 0 Å². The Morgan fingerprint density at radius 2 is 2.31 bits per heavy atom. The third-order valence-electron chi connectivity index (χ3n) is 2.28. The van der Waals surface area contributed by atoms with E-state index in [1.165, 1.54) is 17.0 Å². The molecule has 0 saturated carbocycles. The molecule has 0 atom stereocenters. The summed E-state index contributed by atoms with van der Waals surface area (Å²) < 4.78 is 12.8. The maximum absolute atomic E-state index is 12.8. The highest BCUT2D eigenvalue weighted by molar-refractivity contribution is 5.77. The van der Waals surface area contributed by atoms with E-state index in [1.807, 2.05) is 6.07 Å². The topological polar surface area (TPSA) is 44.1 Å². The maximum atomic E-state index is 12.8. The molecule has 3 nitrogen and oxygen atoms in total. The number of hydrogen-bond donors (Lipinski definition) is 0. The number of benzene rings is 1. The minimum absolute atomic E-state index is 0.111. The van der Waals surface area contributed by atoms with Crippen LogP contribution in [0.4, 0.5) is 4.39 Å². The van der Waals surface area contributed by atoms with Crippen molar-refractivity contribution in [2.45, 2.75) is 12.8 Å². The fourth-order valence-electron chi connectivity index (χ4n) is 1.32. The Morgan fingerprint density at radius 3 is 2.94 bits per heavy atom. The molecule has 16 heavy (non-hydrogen) atoms. The van der Waals surface area contributed by atoms with Gasteiger partial charge in [-0.15, -0.1) is 0 Å². The molecule has 0 aliphatic carbocycles. The van der Waals surface area contributed by atoms with Crippen LogP contribution in [0, 0.1) is 17.1 Å². The average Bonchev–Trinajstić information content (AvgIpc) is 2.26. The summed E-state index contributed by atoms with van der Waals surface area (Å²) in [4.78, 5) is 12.7. The van der Waals surface area contributed by atoms with Crippen molar-refractivity contribution in [3.63, 3.8) is 0 Å². The predicted octanol–water partition coefficient (Wildman–Crippen LogP) is 1.74. The first-order valence-electron chi connectivity index (χ1n) is 4.99. The van der Waals surface area contributed by atoms with Crippen molar-refractivity contribution in [3.8, 4) is 6.07 Å². The number of nitriles is 1. The molecular formula is C12H13FN2O. The van der Waals surface area contributed by atoms with Crippen molar-refractivity contribution in [2.75, 3.05) is 13.6 Å². The molecule has 0 unspecified atom stereocenters. The van der Waals surface area contributed by atoms with E-state index >= 15 is 0 Å². The molecule has 0 spiro atoms. The van der Waals surface area contributed by atoms with E-state index in [9.17, 15) is 9.18 Å². The zero-order chi connectivity index (χ0) is 12.0. The molecule has 4 heteroatoms. The lowest BCUT2D eigenvalue weighted by atomic mass is 10.1. The molecule has 0 heterocycles. The van der Waals surface area contributed by atoms with Gasteiger partial charge in [0.25, 0.3) is 0 Å². The van der Waals surface area contributed by atoms with Gasteiger partial charge in [-0.2, -0.15) is 5.26 Å². The first-order chi connectivity index (χ1) is 7.63. The lowest BCUT2D eigenvalue weighted by Crippen LogP contribution is -2.28. The smallest absolute Gasteiger partial charge is 0.236 e. The van der Waals surface area contributed by atoms with E-state index in [0.29, 0.717) is 13.0 Å². The van der Waals surface area contributed by atoms with Crippen LogP contribution in [0.15, 0.2) is 24.3 Å². The van der Waals surface area contributed by atoms with E-state index < -0.39 is 0 Å². The van der Waals surface area contributed by atoms with Crippen molar-refractivity contribution in [1.29, 1.82) is 5.26 Å². The zero-order valence-electron chi connectivity index (χ0n) is 9.11. The maximum Gasteiger partial charge on any atom is 0.236 e. The van der Waals surface area contributed by atoms with Crippen LogP contribution >= 0.6 is 0 Å². The summed E-state index contributed by atoms with van der Waals surface area (Å²) in [5.74, 6) is -0.484. The van der Waals surface area contributed by atoms with Crippen LogP contribution in [0.3, 0.4) is 0 Å². The van der Waals surface area contributed by atoms with E-state index in [4.69, 9.17) is 5.26 Å². The summed E-state index contributed by atoms with van der Waals surface area (Å²) in [7, 11) is 1.64. The van der Waals surface area contributed by atoms with E-state index in [-0.39, 0.29) is 18.1 Å². The number of amides is 1. The van der Waals surface area contributed by atoms with Gasteiger partial charge in [-0.1, -0.05) is 12.1 Å². The fourth-order valence-corrected chi connectivity index (χ4v) is 1.32. The molecular weight excluding hydrogens is 207 g/mol. The van der Waals surface area contributed by atoms with Gasteiger partial charge in [0, 0.05) is 13.6 Å². The van der Waals surface area contributed by atoms with Crippen LogP contribution in [0.2, 0.25) is 0 Å². The molecule has 1 rings (SSSR count). The molecule has 0 N–H and O–H groups in total. The van der Waals surface area contributed by atoms with Gasteiger partial charge in [0.2, 0.25) is 5.91 Å². The first-order valence-corrected chi connectivity index (χ1v) is 4.99. The Kier molecular flexibility index (Phi) is 4.46. The second-order valence-corrected chi connectivity index (χ2v) is 3.53. The average molecular weight is 220 g/mol. The summed E-state index contributed by atoms with van der Waals surface area (Å²) >= 11 is 0.